The van der Waals surface area contributed by atoms with Crippen molar-refractivity contribution in [3.63, 3.8) is 0 Å². The van der Waals surface area contributed by atoms with Gasteiger partial charge in [0.25, 0.3) is 5.91 Å². The van der Waals surface area contributed by atoms with Crippen LogP contribution in [0.25, 0.3) is 10.9 Å². The minimum Gasteiger partial charge on any atom is -0.361 e. The molecule has 0 radical (unpaired) electrons. The number of rotatable bonds is 7. The number of carbonyl (C=O) groups is 2. The van der Waals surface area contributed by atoms with Crippen molar-refractivity contribution >= 4 is 34.1 Å². The Morgan fingerprint density at radius 1 is 1.19 bits per heavy atom. The zero-order chi connectivity index (χ0) is 21.2. The van der Waals surface area contributed by atoms with Crippen LogP contribution in [0.5, 0.6) is 0 Å². The zero-order valence-electron chi connectivity index (χ0n) is 16.8. The number of aryl methyl sites for hydroxylation is 1. The lowest BCUT2D eigenvalue weighted by atomic mass is 10.0. The average molecular weight is 435 g/mol. The van der Waals surface area contributed by atoms with E-state index in [1.54, 1.807) is 6.07 Å². The second-order valence-electron chi connectivity index (χ2n) is 7.57. The number of para-hydroxylation sites is 1. The number of aromatic nitrogens is 4. The molecular weight excluding hydrogens is 412 g/mol. The third kappa shape index (κ3) is 3.96. The van der Waals surface area contributed by atoms with Gasteiger partial charge in [0.05, 0.1) is 11.4 Å². The third-order valence-corrected chi connectivity index (χ3v) is 6.44. The number of fused-ring (bicyclic) bond motifs is 2. The number of aromatic amines is 1. The van der Waals surface area contributed by atoms with Crippen molar-refractivity contribution < 1.29 is 9.59 Å². The van der Waals surface area contributed by atoms with E-state index in [0.29, 0.717) is 11.3 Å². The molecule has 0 spiro atoms. The Bertz CT molecular complexity index is 1230. The van der Waals surface area contributed by atoms with Crippen molar-refractivity contribution in [2.24, 2.45) is 0 Å². The largest absolute Gasteiger partial charge is 0.361 e. The topological polar surface area (TPSA) is 105 Å². The fraction of sp³-hybridized carbons (Fsp3) is 0.273. The van der Waals surface area contributed by atoms with Crippen LogP contribution in [-0.2, 0) is 30.7 Å². The SMILES string of the molecule is O=C(NC(Cc1c[nH]c2ccccc12)C(=O)NCc1nnc2n1CCC2)c1cccs1. The van der Waals surface area contributed by atoms with E-state index in [1.165, 1.54) is 11.3 Å². The Labute approximate surface area is 182 Å². The molecule has 0 saturated heterocycles. The molecule has 8 nitrogen and oxygen atoms in total. The predicted molar refractivity (Wildman–Crippen MR) is 118 cm³/mol. The van der Waals surface area contributed by atoms with Crippen molar-refractivity contribution in [1.29, 1.82) is 0 Å². The highest BCUT2D eigenvalue weighted by molar-refractivity contribution is 7.12. The van der Waals surface area contributed by atoms with Crippen molar-refractivity contribution in [2.75, 3.05) is 0 Å². The summed E-state index contributed by atoms with van der Waals surface area (Å²) < 4.78 is 2.05. The summed E-state index contributed by atoms with van der Waals surface area (Å²) >= 11 is 1.35. The van der Waals surface area contributed by atoms with Gasteiger partial charge in [-0.15, -0.1) is 21.5 Å². The molecule has 1 unspecified atom stereocenters. The Balaban J connectivity index is 1.34. The molecule has 5 rings (SSSR count). The minimum atomic E-state index is -0.713. The van der Waals surface area contributed by atoms with Gasteiger partial charge in [0.1, 0.15) is 11.9 Å². The molecule has 1 atom stereocenters. The van der Waals surface area contributed by atoms with Gasteiger partial charge in [-0.25, -0.2) is 0 Å². The maximum absolute atomic E-state index is 13.1. The molecule has 0 saturated carbocycles. The molecule has 0 fully saturated rings. The number of H-pyrrole nitrogens is 1. The van der Waals surface area contributed by atoms with Crippen LogP contribution in [0.4, 0.5) is 0 Å². The van der Waals surface area contributed by atoms with Gasteiger partial charge in [0.2, 0.25) is 5.91 Å². The van der Waals surface area contributed by atoms with E-state index in [-0.39, 0.29) is 18.4 Å². The maximum atomic E-state index is 13.1. The van der Waals surface area contributed by atoms with Crippen molar-refractivity contribution in [3.8, 4) is 0 Å². The van der Waals surface area contributed by atoms with E-state index in [9.17, 15) is 9.59 Å². The highest BCUT2D eigenvalue weighted by Crippen LogP contribution is 2.20. The van der Waals surface area contributed by atoms with Crippen LogP contribution in [-0.4, -0.2) is 37.6 Å². The minimum absolute atomic E-state index is 0.245. The molecule has 3 N–H and O–H groups in total. The smallest absolute Gasteiger partial charge is 0.262 e. The normalized spacial score (nSPS) is 13.8. The molecule has 3 aromatic heterocycles. The molecule has 158 valence electrons. The van der Waals surface area contributed by atoms with E-state index >= 15 is 0 Å². The van der Waals surface area contributed by atoms with Crippen molar-refractivity contribution in [1.82, 2.24) is 30.4 Å². The summed E-state index contributed by atoms with van der Waals surface area (Å²) in [4.78, 5) is 29.6. The Kier molecular flexibility index (Phi) is 5.25. The number of hydrogen-bond donors (Lipinski definition) is 3. The van der Waals surface area contributed by atoms with Gasteiger partial charge in [-0.05, 0) is 29.5 Å². The van der Waals surface area contributed by atoms with Crippen LogP contribution in [0.15, 0.2) is 48.0 Å². The molecule has 4 heterocycles. The fourth-order valence-electron chi connectivity index (χ4n) is 4.00. The number of thiophene rings is 1. The highest BCUT2D eigenvalue weighted by atomic mass is 32.1. The average Bonchev–Trinajstić information content (AvgIpc) is 3.57. The Morgan fingerprint density at radius 3 is 2.97 bits per heavy atom. The van der Waals surface area contributed by atoms with Gasteiger partial charge in [0, 0.05) is 36.5 Å². The second-order valence-corrected chi connectivity index (χ2v) is 8.52. The predicted octanol–water partition coefficient (Wildman–Crippen LogP) is 2.42. The summed E-state index contributed by atoms with van der Waals surface area (Å²) in [5, 5.41) is 17.1. The van der Waals surface area contributed by atoms with Gasteiger partial charge >= 0.3 is 0 Å². The standard InChI is InChI=1S/C22H22N6O2S/c29-21(24-13-20-27-26-19-8-3-9-28(19)20)17(25-22(30)18-7-4-10-31-18)11-14-12-23-16-6-2-1-5-15(14)16/h1-2,4-7,10,12,17,23H,3,8-9,11,13H2,(H,24,29)(H,25,30). The monoisotopic (exact) mass is 434 g/mol. The fourth-order valence-corrected chi connectivity index (χ4v) is 4.62. The van der Waals surface area contributed by atoms with E-state index in [1.807, 2.05) is 41.9 Å². The molecular formula is C22H22N6O2S. The number of nitrogens with zero attached hydrogens (tertiary/aromatic N) is 3. The summed E-state index contributed by atoms with van der Waals surface area (Å²) in [6.45, 7) is 1.16. The van der Waals surface area contributed by atoms with E-state index in [4.69, 9.17) is 0 Å². The molecule has 1 aliphatic heterocycles. The number of hydrogen-bond acceptors (Lipinski definition) is 5. The van der Waals surface area contributed by atoms with Crippen molar-refractivity contribution in [2.45, 2.75) is 38.4 Å². The van der Waals surface area contributed by atoms with Gasteiger partial charge in [-0.3, -0.25) is 9.59 Å². The summed E-state index contributed by atoms with van der Waals surface area (Å²) in [6, 6.07) is 10.8. The van der Waals surface area contributed by atoms with Gasteiger partial charge < -0.3 is 20.2 Å². The lowest BCUT2D eigenvalue weighted by molar-refractivity contribution is -0.123. The first-order chi connectivity index (χ1) is 15.2. The number of carbonyl (C=O) groups excluding carboxylic acids is 2. The molecule has 2 amide bonds. The second kappa shape index (κ2) is 8.35. The molecule has 1 aromatic carbocycles. The molecule has 4 aromatic rings. The van der Waals surface area contributed by atoms with Crippen LogP contribution in [0.3, 0.4) is 0 Å². The van der Waals surface area contributed by atoms with E-state index in [2.05, 4.69) is 30.4 Å². The molecule has 9 heteroatoms. The Morgan fingerprint density at radius 2 is 2.10 bits per heavy atom. The third-order valence-electron chi connectivity index (χ3n) is 5.57. The zero-order valence-corrected chi connectivity index (χ0v) is 17.6. The summed E-state index contributed by atoms with van der Waals surface area (Å²) in [6.07, 6.45) is 4.24. The molecule has 0 bridgehead atoms. The first kappa shape index (κ1) is 19.5. The lowest BCUT2D eigenvalue weighted by Gasteiger charge is -2.18. The van der Waals surface area contributed by atoms with Gasteiger partial charge in [0.15, 0.2) is 5.82 Å². The quantitative estimate of drug-likeness (QED) is 0.415. The summed E-state index contributed by atoms with van der Waals surface area (Å²) in [7, 11) is 0. The summed E-state index contributed by atoms with van der Waals surface area (Å²) in [5.41, 5.74) is 1.98. The lowest BCUT2D eigenvalue weighted by Crippen LogP contribution is -2.47. The van der Waals surface area contributed by atoms with E-state index in [0.717, 1.165) is 47.5 Å². The number of nitrogens with one attached hydrogen (secondary N) is 3. The highest BCUT2D eigenvalue weighted by Gasteiger charge is 2.25. The number of benzene rings is 1. The van der Waals surface area contributed by atoms with Gasteiger partial charge in [-0.2, -0.15) is 0 Å². The van der Waals surface area contributed by atoms with Gasteiger partial charge in [-0.1, -0.05) is 24.3 Å². The van der Waals surface area contributed by atoms with Crippen LogP contribution in [0.1, 0.15) is 33.3 Å². The van der Waals surface area contributed by atoms with Crippen molar-refractivity contribution in [3.05, 3.63) is 70.1 Å². The van der Waals surface area contributed by atoms with E-state index < -0.39 is 6.04 Å². The number of amides is 2. The first-order valence-electron chi connectivity index (χ1n) is 10.3. The van der Waals surface area contributed by atoms with Crippen LogP contribution < -0.4 is 10.6 Å². The van der Waals surface area contributed by atoms with Crippen LogP contribution in [0, 0.1) is 0 Å². The van der Waals surface area contributed by atoms with Crippen LogP contribution in [0.2, 0.25) is 0 Å². The molecule has 0 aliphatic carbocycles. The summed E-state index contributed by atoms with van der Waals surface area (Å²) in [5.74, 6) is 1.21. The Hall–Kier alpha value is -3.46. The molecule has 1 aliphatic rings. The van der Waals surface area contributed by atoms with Crippen LogP contribution >= 0.6 is 11.3 Å². The maximum Gasteiger partial charge on any atom is 0.262 e. The first-order valence-corrected chi connectivity index (χ1v) is 11.1. The molecule has 31 heavy (non-hydrogen) atoms.